The molecule has 1 aromatic heterocycles. The zero-order chi connectivity index (χ0) is 18.5. The second kappa shape index (κ2) is 6.15. The molecule has 2 heterocycles. The van der Waals surface area contributed by atoms with Gasteiger partial charge in [0.25, 0.3) is 5.56 Å². The first kappa shape index (κ1) is 17.1. The van der Waals surface area contributed by atoms with Crippen molar-refractivity contribution in [3.63, 3.8) is 0 Å². The highest BCUT2D eigenvalue weighted by molar-refractivity contribution is 7.89. The van der Waals surface area contributed by atoms with Crippen molar-refractivity contribution in [3.8, 4) is 0 Å². The molecule has 1 aliphatic heterocycles. The summed E-state index contributed by atoms with van der Waals surface area (Å²) in [6.07, 6.45) is 0. The third-order valence-corrected chi connectivity index (χ3v) is 6.75. The quantitative estimate of drug-likeness (QED) is 0.693. The van der Waals surface area contributed by atoms with Crippen LogP contribution in [0, 0.1) is 5.82 Å². The van der Waals surface area contributed by atoms with E-state index in [4.69, 9.17) is 0 Å². The van der Waals surface area contributed by atoms with E-state index in [1.165, 1.54) is 22.5 Å². The summed E-state index contributed by atoms with van der Waals surface area (Å²) in [4.78, 5) is 17.1. The van der Waals surface area contributed by atoms with Crippen molar-refractivity contribution in [3.05, 3.63) is 52.6 Å². The van der Waals surface area contributed by atoms with Gasteiger partial charge in [-0.15, -0.1) is 0 Å². The second-order valence-electron chi connectivity index (χ2n) is 6.56. The van der Waals surface area contributed by atoms with Crippen LogP contribution in [0.15, 0.2) is 46.1 Å². The molecule has 136 valence electrons. The molecular formula is C18H18FN3O3S. The summed E-state index contributed by atoms with van der Waals surface area (Å²) >= 11 is 0. The highest BCUT2D eigenvalue weighted by Gasteiger charge is 2.27. The Balaban J connectivity index is 1.88. The maximum atomic E-state index is 13.5. The van der Waals surface area contributed by atoms with Crippen LogP contribution in [0.5, 0.6) is 0 Å². The minimum Gasteiger partial charge on any atom is -0.321 e. The molecule has 1 aliphatic rings. The fraction of sp³-hybridized carbons (Fsp3) is 0.278. The van der Waals surface area contributed by atoms with E-state index in [1.54, 1.807) is 12.1 Å². The minimum absolute atomic E-state index is 0.173. The predicted octanol–water partition coefficient (Wildman–Crippen LogP) is 1.76. The lowest BCUT2D eigenvalue weighted by Crippen LogP contribution is -2.47. The molecule has 0 unspecified atom stereocenters. The summed E-state index contributed by atoms with van der Waals surface area (Å²) in [7, 11) is -1.66. The van der Waals surface area contributed by atoms with E-state index in [-0.39, 0.29) is 10.3 Å². The molecule has 1 N–H and O–H groups in total. The summed E-state index contributed by atoms with van der Waals surface area (Å²) in [5, 5.41) is 1.31. The van der Waals surface area contributed by atoms with Crippen LogP contribution < -0.4 is 5.56 Å². The molecule has 8 heteroatoms. The lowest BCUT2D eigenvalue weighted by molar-refractivity contribution is 0.222. The van der Waals surface area contributed by atoms with Crippen LogP contribution in [0.25, 0.3) is 21.7 Å². The third-order valence-electron chi connectivity index (χ3n) is 4.86. The molecule has 0 saturated carbocycles. The Morgan fingerprint density at radius 1 is 0.962 bits per heavy atom. The smallest absolute Gasteiger partial charge is 0.256 e. The molecule has 4 rings (SSSR count). The Morgan fingerprint density at radius 2 is 1.69 bits per heavy atom. The molecule has 3 aromatic rings. The number of fused-ring (bicyclic) bond motifs is 3. The van der Waals surface area contributed by atoms with Gasteiger partial charge in [0, 0.05) is 37.1 Å². The van der Waals surface area contributed by atoms with Gasteiger partial charge in [-0.25, -0.2) is 12.8 Å². The molecule has 26 heavy (non-hydrogen) atoms. The first-order valence-corrected chi connectivity index (χ1v) is 9.74. The highest BCUT2D eigenvalue weighted by Crippen LogP contribution is 2.26. The van der Waals surface area contributed by atoms with Crippen LogP contribution in [-0.2, 0) is 10.0 Å². The highest BCUT2D eigenvalue weighted by atomic mass is 32.2. The number of aromatic nitrogens is 1. The number of H-pyrrole nitrogens is 1. The molecule has 0 amide bonds. The van der Waals surface area contributed by atoms with Gasteiger partial charge in [0.1, 0.15) is 5.82 Å². The molecule has 6 nitrogen and oxygen atoms in total. The van der Waals surface area contributed by atoms with Crippen molar-refractivity contribution >= 4 is 31.7 Å². The summed E-state index contributed by atoms with van der Waals surface area (Å²) in [5.41, 5.74) is 0.119. The van der Waals surface area contributed by atoms with Crippen molar-refractivity contribution in [1.82, 2.24) is 14.2 Å². The Bertz CT molecular complexity index is 1170. The van der Waals surface area contributed by atoms with Gasteiger partial charge in [-0.3, -0.25) is 4.79 Å². The Morgan fingerprint density at radius 3 is 2.42 bits per heavy atom. The lowest BCUT2D eigenvalue weighted by Gasteiger charge is -2.31. The number of nitrogens with one attached hydrogen (secondary N) is 1. The topological polar surface area (TPSA) is 73.5 Å². The van der Waals surface area contributed by atoms with Crippen LogP contribution in [0.3, 0.4) is 0 Å². The standard InChI is InChI=1S/C18H18FN3O3S/c1-21-6-8-22(9-7-21)26(24,25)13-3-5-17-15(11-13)14-4-2-12(19)10-16(14)18(23)20-17/h2-5,10-11H,6-9H2,1H3,(H,20,23). The second-order valence-corrected chi connectivity index (χ2v) is 8.50. The zero-order valence-corrected chi connectivity index (χ0v) is 15.0. The van der Waals surface area contributed by atoms with Crippen LogP contribution >= 0.6 is 0 Å². The number of hydrogen-bond acceptors (Lipinski definition) is 4. The van der Waals surface area contributed by atoms with E-state index in [2.05, 4.69) is 9.88 Å². The Hall–Kier alpha value is -2.29. The van der Waals surface area contributed by atoms with E-state index < -0.39 is 21.4 Å². The fourth-order valence-electron chi connectivity index (χ4n) is 3.32. The molecule has 0 atom stereocenters. The van der Waals surface area contributed by atoms with Crippen molar-refractivity contribution in [2.24, 2.45) is 0 Å². The first-order valence-electron chi connectivity index (χ1n) is 8.30. The van der Waals surface area contributed by atoms with E-state index in [0.29, 0.717) is 42.5 Å². The van der Waals surface area contributed by atoms with Crippen molar-refractivity contribution in [2.75, 3.05) is 33.2 Å². The number of likely N-dealkylation sites (N-methyl/N-ethyl adjacent to an activating group) is 1. The molecule has 0 bridgehead atoms. The molecule has 0 radical (unpaired) electrons. The summed E-state index contributed by atoms with van der Waals surface area (Å²) in [5.74, 6) is -0.511. The monoisotopic (exact) mass is 375 g/mol. The molecule has 1 fully saturated rings. The van der Waals surface area contributed by atoms with E-state index >= 15 is 0 Å². The summed E-state index contributed by atoms with van der Waals surface area (Å²) in [6.45, 7) is 2.24. The predicted molar refractivity (Wildman–Crippen MR) is 98.3 cm³/mol. The zero-order valence-electron chi connectivity index (χ0n) is 14.2. The number of aromatic amines is 1. The van der Waals surface area contributed by atoms with Crippen LogP contribution in [-0.4, -0.2) is 55.8 Å². The number of pyridine rings is 1. The van der Waals surface area contributed by atoms with Crippen LogP contribution in [0.1, 0.15) is 0 Å². The third kappa shape index (κ3) is 2.80. The number of hydrogen-bond donors (Lipinski definition) is 1. The molecular weight excluding hydrogens is 357 g/mol. The van der Waals surface area contributed by atoms with Gasteiger partial charge < -0.3 is 9.88 Å². The molecule has 0 spiro atoms. The van der Waals surface area contributed by atoms with Crippen LogP contribution in [0.4, 0.5) is 4.39 Å². The number of nitrogens with zero attached hydrogens (tertiary/aromatic N) is 2. The first-order chi connectivity index (χ1) is 12.4. The Kier molecular flexibility index (Phi) is 4.06. The average Bonchev–Trinajstić information content (AvgIpc) is 2.62. The van der Waals surface area contributed by atoms with Gasteiger partial charge in [-0.05, 0) is 42.8 Å². The van der Waals surface area contributed by atoms with Crippen molar-refractivity contribution in [2.45, 2.75) is 4.90 Å². The Labute approximate surface area is 149 Å². The number of halogens is 1. The largest absolute Gasteiger partial charge is 0.321 e. The molecule has 1 saturated heterocycles. The number of rotatable bonds is 2. The average molecular weight is 375 g/mol. The van der Waals surface area contributed by atoms with Gasteiger partial charge in [-0.2, -0.15) is 4.31 Å². The van der Waals surface area contributed by atoms with Crippen LogP contribution in [0.2, 0.25) is 0 Å². The van der Waals surface area contributed by atoms with Gasteiger partial charge in [0.05, 0.1) is 10.3 Å². The maximum absolute atomic E-state index is 13.5. The van der Waals surface area contributed by atoms with Gasteiger partial charge in [0.2, 0.25) is 10.0 Å². The maximum Gasteiger partial charge on any atom is 0.256 e. The van der Waals surface area contributed by atoms with Gasteiger partial charge in [0.15, 0.2) is 0 Å². The normalized spacial score (nSPS) is 17.2. The van der Waals surface area contributed by atoms with E-state index in [0.717, 1.165) is 6.07 Å². The number of sulfonamides is 1. The number of piperazine rings is 1. The number of benzene rings is 2. The van der Waals surface area contributed by atoms with Gasteiger partial charge in [-0.1, -0.05) is 6.07 Å². The lowest BCUT2D eigenvalue weighted by atomic mass is 10.1. The van der Waals surface area contributed by atoms with Crippen molar-refractivity contribution < 1.29 is 12.8 Å². The SMILES string of the molecule is CN1CCN(S(=O)(=O)c2ccc3[nH]c(=O)c4cc(F)ccc4c3c2)CC1. The van der Waals surface area contributed by atoms with Gasteiger partial charge >= 0.3 is 0 Å². The van der Waals surface area contributed by atoms with Crippen molar-refractivity contribution in [1.29, 1.82) is 0 Å². The molecule has 0 aliphatic carbocycles. The van der Waals surface area contributed by atoms with E-state index in [1.807, 2.05) is 7.05 Å². The minimum atomic E-state index is -3.62. The van der Waals surface area contributed by atoms with E-state index in [9.17, 15) is 17.6 Å². The fourth-order valence-corrected chi connectivity index (χ4v) is 4.77. The summed E-state index contributed by atoms with van der Waals surface area (Å²) in [6, 6.07) is 8.58. The molecule has 2 aromatic carbocycles. The summed E-state index contributed by atoms with van der Waals surface area (Å²) < 4.78 is 40.9.